The smallest absolute Gasteiger partial charge is 0.214 e. The van der Waals surface area contributed by atoms with Crippen LogP contribution in [0.1, 0.15) is 6.42 Å². The van der Waals surface area contributed by atoms with Crippen molar-refractivity contribution in [3.05, 3.63) is 22.8 Å². The van der Waals surface area contributed by atoms with Crippen LogP contribution in [0, 0.1) is 0 Å². The van der Waals surface area contributed by atoms with Gasteiger partial charge in [0.25, 0.3) is 0 Å². The Hall–Kier alpha value is -0.320. The highest BCUT2D eigenvalue weighted by molar-refractivity contribution is 9.10. The number of aromatic nitrogens is 1. The quantitative estimate of drug-likeness (QED) is 0.841. The van der Waals surface area contributed by atoms with Crippen LogP contribution in [-0.2, 0) is 0 Å². The third kappa shape index (κ3) is 3.12. The van der Waals surface area contributed by atoms with Crippen LogP contribution in [0.25, 0.3) is 0 Å². The first-order valence-electron chi connectivity index (χ1n) is 4.34. The summed E-state index contributed by atoms with van der Waals surface area (Å²) in [5.74, 6) is 0.697. The number of halogens is 2. The molecule has 0 spiro atoms. The van der Waals surface area contributed by atoms with Gasteiger partial charge in [0.15, 0.2) is 0 Å². The molecule has 0 aliphatic carbocycles. The molecule has 2 rings (SSSR count). The fourth-order valence-electron chi connectivity index (χ4n) is 1.35. The molecule has 3 nitrogen and oxygen atoms in total. The second-order valence-electron chi connectivity index (χ2n) is 3.03. The minimum absolute atomic E-state index is 0. The molecule has 0 radical (unpaired) electrons. The number of nitrogens with zero attached hydrogens (tertiary/aromatic N) is 1. The summed E-state index contributed by atoms with van der Waals surface area (Å²) in [6, 6.07) is 5.69. The summed E-state index contributed by atoms with van der Waals surface area (Å²) in [6.45, 7) is 1.97. The molecule has 1 aliphatic heterocycles. The monoisotopic (exact) mass is 278 g/mol. The minimum Gasteiger partial charge on any atom is -0.473 e. The van der Waals surface area contributed by atoms with Crippen LogP contribution >= 0.6 is 28.3 Å². The molecule has 1 aromatic rings. The Bertz CT molecular complexity index is 292. The molecule has 1 N–H and O–H groups in total. The van der Waals surface area contributed by atoms with Gasteiger partial charge in [0.2, 0.25) is 5.88 Å². The lowest BCUT2D eigenvalue weighted by Gasteiger charge is -2.10. The standard InChI is InChI=1S/C9H11BrN2O.ClH/c10-8-2-1-3-9(12-8)13-7-4-5-11-6-7;/h1-3,7,11H,4-6H2;1H/t7-;/m0./s1. The number of rotatable bonds is 2. The number of hydrogen-bond donors (Lipinski definition) is 1. The van der Waals surface area contributed by atoms with E-state index in [9.17, 15) is 0 Å². The van der Waals surface area contributed by atoms with Gasteiger partial charge in [-0.2, -0.15) is 0 Å². The zero-order valence-corrected chi connectivity index (χ0v) is 9.97. The van der Waals surface area contributed by atoms with Crippen molar-refractivity contribution in [2.24, 2.45) is 0 Å². The molecular weight excluding hydrogens is 267 g/mol. The normalized spacial score (nSPS) is 20.2. The average molecular weight is 280 g/mol. The molecule has 1 aromatic heterocycles. The van der Waals surface area contributed by atoms with Crippen LogP contribution < -0.4 is 10.1 Å². The van der Waals surface area contributed by atoms with Crippen LogP contribution in [0.4, 0.5) is 0 Å². The van der Waals surface area contributed by atoms with Crippen LogP contribution in [0.15, 0.2) is 22.8 Å². The predicted molar refractivity (Wildman–Crippen MR) is 61.1 cm³/mol. The number of pyridine rings is 1. The van der Waals surface area contributed by atoms with Crippen molar-refractivity contribution in [2.45, 2.75) is 12.5 Å². The van der Waals surface area contributed by atoms with Gasteiger partial charge < -0.3 is 10.1 Å². The van der Waals surface area contributed by atoms with Crippen molar-refractivity contribution < 1.29 is 4.74 Å². The van der Waals surface area contributed by atoms with Crippen molar-refractivity contribution in [1.29, 1.82) is 0 Å². The van der Waals surface area contributed by atoms with E-state index in [0.717, 1.165) is 24.1 Å². The highest BCUT2D eigenvalue weighted by atomic mass is 79.9. The average Bonchev–Trinajstić information content (AvgIpc) is 2.57. The molecule has 1 saturated heterocycles. The van der Waals surface area contributed by atoms with Crippen LogP contribution in [-0.4, -0.2) is 24.2 Å². The highest BCUT2D eigenvalue weighted by Gasteiger charge is 2.16. The first-order valence-corrected chi connectivity index (χ1v) is 5.14. The first kappa shape index (κ1) is 11.8. The lowest BCUT2D eigenvalue weighted by Crippen LogP contribution is -2.19. The van der Waals surface area contributed by atoms with E-state index < -0.39 is 0 Å². The molecule has 2 heterocycles. The molecule has 0 unspecified atom stereocenters. The second kappa shape index (κ2) is 5.53. The molecule has 1 aliphatic rings. The molecular formula is C9H12BrClN2O. The van der Waals surface area contributed by atoms with E-state index >= 15 is 0 Å². The largest absolute Gasteiger partial charge is 0.473 e. The van der Waals surface area contributed by atoms with E-state index in [0.29, 0.717) is 5.88 Å². The molecule has 5 heteroatoms. The van der Waals surface area contributed by atoms with Gasteiger partial charge in [-0.3, -0.25) is 0 Å². The third-order valence-electron chi connectivity index (χ3n) is 1.99. The summed E-state index contributed by atoms with van der Waals surface area (Å²) in [6.07, 6.45) is 1.34. The van der Waals surface area contributed by atoms with Crippen molar-refractivity contribution in [3.63, 3.8) is 0 Å². The SMILES string of the molecule is Brc1cccc(O[C@H]2CCNC2)n1.Cl. The minimum atomic E-state index is 0. The Morgan fingerprint density at radius 3 is 3.00 bits per heavy atom. The predicted octanol–water partition coefficient (Wildman–Crippen LogP) is 2.01. The zero-order valence-electron chi connectivity index (χ0n) is 7.57. The van der Waals surface area contributed by atoms with E-state index in [-0.39, 0.29) is 18.5 Å². The molecule has 14 heavy (non-hydrogen) atoms. The summed E-state index contributed by atoms with van der Waals surface area (Å²) in [5.41, 5.74) is 0. The topological polar surface area (TPSA) is 34.1 Å². The van der Waals surface area contributed by atoms with E-state index in [2.05, 4.69) is 26.2 Å². The summed E-state index contributed by atoms with van der Waals surface area (Å²) in [7, 11) is 0. The first-order chi connectivity index (χ1) is 6.34. The summed E-state index contributed by atoms with van der Waals surface area (Å²) < 4.78 is 6.47. The maximum atomic E-state index is 5.65. The van der Waals surface area contributed by atoms with E-state index in [1.165, 1.54) is 0 Å². The van der Waals surface area contributed by atoms with Crippen LogP contribution in [0.2, 0.25) is 0 Å². The van der Waals surface area contributed by atoms with Gasteiger partial charge in [-0.15, -0.1) is 12.4 Å². The maximum Gasteiger partial charge on any atom is 0.214 e. The zero-order chi connectivity index (χ0) is 9.10. The molecule has 0 saturated carbocycles. The molecule has 0 amide bonds. The lowest BCUT2D eigenvalue weighted by atomic mass is 10.3. The van der Waals surface area contributed by atoms with Gasteiger partial charge in [-0.1, -0.05) is 6.07 Å². The Labute approximate surface area is 97.8 Å². The van der Waals surface area contributed by atoms with Gasteiger partial charge in [0.05, 0.1) is 0 Å². The molecule has 78 valence electrons. The van der Waals surface area contributed by atoms with E-state index in [1.807, 2.05) is 18.2 Å². The molecule has 0 bridgehead atoms. The van der Waals surface area contributed by atoms with E-state index in [4.69, 9.17) is 4.74 Å². The van der Waals surface area contributed by atoms with Crippen molar-refractivity contribution >= 4 is 28.3 Å². The molecule has 1 atom stereocenters. The van der Waals surface area contributed by atoms with Crippen molar-refractivity contribution in [2.75, 3.05) is 13.1 Å². The fourth-order valence-corrected chi connectivity index (χ4v) is 1.68. The Balaban J connectivity index is 0.000000980. The van der Waals surface area contributed by atoms with Gasteiger partial charge >= 0.3 is 0 Å². The highest BCUT2D eigenvalue weighted by Crippen LogP contribution is 2.15. The van der Waals surface area contributed by atoms with Crippen LogP contribution in [0.3, 0.4) is 0 Å². The van der Waals surface area contributed by atoms with Gasteiger partial charge in [0.1, 0.15) is 10.7 Å². The summed E-state index contributed by atoms with van der Waals surface area (Å²) in [4.78, 5) is 4.20. The fraction of sp³-hybridized carbons (Fsp3) is 0.444. The Morgan fingerprint density at radius 2 is 2.36 bits per heavy atom. The Morgan fingerprint density at radius 1 is 1.50 bits per heavy atom. The van der Waals surface area contributed by atoms with Gasteiger partial charge in [-0.05, 0) is 35.0 Å². The third-order valence-corrected chi connectivity index (χ3v) is 2.43. The maximum absolute atomic E-state index is 5.65. The molecule has 0 aromatic carbocycles. The second-order valence-corrected chi connectivity index (χ2v) is 3.84. The Kier molecular flexibility index (Phi) is 4.65. The van der Waals surface area contributed by atoms with Crippen molar-refractivity contribution in [3.8, 4) is 5.88 Å². The summed E-state index contributed by atoms with van der Waals surface area (Å²) >= 11 is 3.30. The van der Waals surface area contributed by atoms with Crippen LogP contribution in [0.5, 0.6) is 5.88 Å². The molecule has 1 fully saturated rings. The summed E-state index contributed by atoms with van der Waals surface area (Å²) in [5, 5.41) is 3.24. The number of hydrogen-bond acceptors (Lipinski definition) is 3. The van der Waals surface area contributed by atoms with Gasteiger partial charge in [0, 0.05) is 12.6 Å². The van der Waals surface area contributed by atoms with Gasteiger partial charge in [-0.25, -0.2) is 4.98 Å². The van der Waals surface area contributed by atoms with Crippen molar-refractivity contribution in [1.82, 2.24) is 10.3 Å². The number of ether oxygens (including phenoxy) is 1. The number of nitrogens with one attached hydrogen (secondary N) is 1. The van der Waals surface area contributed by atoms with E-state index in [1.54, 1.807) is 0 Å². The lowest BCUT2D eigenvalue weighted by molar-refractivity contribution is 0.213.